The van der Waals surface area contributed by atoms with E-state index in [1.54, 1.807) is 0 Å². The molecule has 1 aromatic carbocycles. The van der Waals surface area contributed by atoms with E-state index in [1.165, 1.54) is 11.3 Å². The van der Waals surface area contributed by atoms with Crippen molar-refractivity contribution in [2.75, 3.05) is 13.6 Å². The van der Waals surface area contributed by atoms with Gasteiger partial charge in [-0.1, -0.05) is 29.8 Å². The zero-order valence-electron chi connectivity index (χ0n) is 19.6. The Labute approximate surface area is 208 Å². The van der Waals surface area contributed by atoms with Gasteiger partial charge in [0, 0.05) is 58.1 Å². The van der Waals surface area contributed by atoms with Crippen LogP contribution < -0.4 is 4.74 Å². The van der Waals surface area contributed by atoms with E-state index in [4.69, 9.17) is 20.9 Å². The fraction of sp³-hybridized carbons (Fsp3) is 0.385. The number of aliphatic hydroxyl groups is 1. The third-order valence-corrected chi connectivity index (χ3v) is 8.06. The van der Waals surface area contributed by atoms with Crippen molar-refractivity contribution >= 4 is 40.9 Å². The number of thiophene rings is 1. The Morgan fingerprint density at radius 3 is 3.00 bits per heavy atom. The second-order valence-electron chi connectivity index (χ2n) is 8.86. The van der Waals surface area contributed by atoms with Crippen LogP contribution in [0.3, 0.4) is 0 Å². The summed E-state index contributed by atoms with van der Waals surface area (Å²) in [5.41, 5.74) is 5.82. The van der Waals surface area contributed by atoms with Crippen LogP contribution in [0.2, 0.25) is 5.02 Å². The summed E-state index contributed by atoms with van der Waals surface area (Å²) in [6, 6.07) is 5.82. The van der Waals surface area contributed by atoms with Crippen molar-refractivity contribution in [2.24, 2.45) is 4.99 Å². The summed E-state index contributed by atoms with van der Waals surface area (Å²) in [4.78, 5) is 8.32. The van der Waals surface area contributed by atoms with E-state index in [0.29, 0.717) is 17.9 Å². The van der Waals surface area contributed by atoms with E-state index in [-0.39, 0.29) is 6.10 Å². The fourth-order valence-electron chi connectivity index (χ4n) is 4.78. The van der Waals surface area contributed by atoms with Crippen molar-refractivity contribution in [1.82, 2.24) is 10.1 Å². The number of benzene rings is 1. The smallest absolute Gasteiger partial charge is 0.182 e. The van der Waals surface area contributed by atoms with Crippen molar-refractivity contribution in [2.45, 2.75) is 51.9 Å². The van der Waals surface area contributed by atoms with Gasteiger partial charge >= 0.3 is 0 Å². The van der Waals surface area contributed by atoms with E-state index in [1.807, 2.05) is 38.1 Å². The van der Waals surface area contributed by atoms with Gasteiger partial charge in [-0.05, 0) is 45.3 Å². The first-order valence-electron chi connectivity index (χ1n) is 11.5. The number of aliphatic imine (C=N–C) groups is 1. The molecule has 0 aliphatic carbocycles. The third-order valence-electron chi connectivity index (χ3n) is 6.59. The van der Waals surface area contributed by atoms with Gasteiger partial charge in [-0.3, -0.25) is 4.99 Å². The van der Waals surface area contributed by atoms with Gasteiger partial charge in [0.1, 0.15) is 5.75 Å². The molecule has 6 nitrogen and oxygen atoms in total. The molecule has 2 aliphatic rings. The average Bonchev–Trinajstić information content (AvgIpc) is 3.55. The molecule has 0 radical (unpaired) electrons. The normalized spacial score (nSPS) is 19.0. The molecule has 0 saturated carbocycles. The summed E-state index contributed by atoms with van der Waals surface area (Å²) >= 11 is 8.11. The molecule has 0 spiro atoms. The molecule has 0 amide bonds. The number of aromatic nitrogens is 1. The summed E-state index contributed by atoms with van der Waals surface area (Å²) < 4.78 is 12.4. The van der Waals surface area contributed by atoms with Crippen LogP contribution in [-0.2, 0) is 19.4 Å². The van der Waals surface area contributed by atoms with E-state index in [0.717, 1.165) is 74.4 Å². The summed E-state index contributed by atoms with van der Waals surface area (Å²) in [5.74, 6) is 1.61. The highest BCUT2D eigenvalue weighted by Gasteiger charge is 2.35. The Kier molecular flexibility index (Phi) is 6.37. The zero-order valence-corrected chi connectivity index (χ0v) is 21.2. The highest BCUT2D eigenvalue weighted by atomic mass is 35.5. The summed E-state index contributed by atoms with van der Waals surface area (Å²) in [6.07, 6.45) is 3.45. The molecular formula is C26H28ClN3O3S. The first-order chi connectivity index (χ1) is 16.4. The van der Waals surface area contributed by atoms with Crippen LogP contribution in [0.5, 0.6) is 5.75 Å². The number of halogens is 1. The van der Waals surface area contributed by atoms with E-state index < -0.39 is 6.10 Å². The van der Waals surface area contributed by atoms with Crippen LogP contribution in [-0.4, -0.2) is 35.5 Å². The van der Waals surface area contributed by atoms with Gasteiger partial charge in [0.15, 0.2) is 11.9 Å². The number of ether oxygens (including phenoxy) is 1. The predicted octanol–water partition coefficient (Wildman–Crippen LogP) is 6.28. The second-order valence-corrected chi connectivity index (χ2v) is 10.4. The standard InChI is InChI=1S/C26H28ClN3O3S/c1-5-16(26-20(28-3)12-23(34-26)21(31)6-2)17-11-15(27)9-14-10-22(32-24(14)17)25-18-13-30(4)8-7-19(18)29-33-25/h5,9,11-12,21-22,31H,3,6-8,10,13H2,1-2,4H3/b16-5-/t21?,22-/m1/s1. The SMILES string of the molecule is C=Nc1cc(C(O)CC)sc1/C(=C\C)c1cc(Cl)cc2c1O[C@@H](c1onc3c1CN(C)CC3)C2. The van der Waals surface area contributed by atoms with Crippen molar-refractivity contribution < 1.29 is 14.4 Å². The highest BCUT2D eigenvalue weighted by molar-refractivity contribution is 7.13. The minimum atomic E-state index is -0.529. The van der Waals surface area contributed by atoms with Crippen LogP contribution in [0.4, 0.5) is 5.69 Å². The average molecular weight is 498 g/mol. The van der Waals surface area contributed by atoms with E-state index >= 15 is 0 Å². The molecule has 4 heterocycles. The molecule has 2 aromatic heterocycles. The Bertz CT molecular complexity index is 1280. The Hall–Kier alpha value is -2.45. The van der Waals surface area contributed by atoms with E-state index in [9.17, 15) is 5.11 Å². The van der Waals surface area contributed by atoms with Crippen molar-refractivity contribution in [1.29, 1.82) is 0 Å². The van der Waals surface area contributed by atoms with Gasteiger partial charge in [0.2, 0.25) is 0 Å². The molecule has 5 rings (SSSR count). The first-order valence-corrected chi connectivity index (χ1v) is 12.7. The maximum atomic E-state index is 10.4. The summed E-state index contributed by atoms with van der Waals surface area (Å²) in [6.45, 7) is 9.48. The molecule has 178 valence electrons. The lowest BCUT2D eigenvalue weighted by Gasteiger charge is -2.22. The molecule has 1 unspecified atom stereocenters. The maximum Gasteiger partial charge on any atom is 0.182 e. The monoisotopic (exact) mass is 497 g/mol. The van der Waals surface area contributed by atoms with Gasteiger partial charge in [0.25, 0.3) is 0 Å². The number of aliphatic hydroxyl groups excluding tert-OH is 1. The van der Waals surface area contributed by atoms with Crippen LogP contribution in [0.15, 0.2) is 33.8 Å². The molecule has 2 aliphatic heterocycles. The third kappa shape index (κ3) is 4.01. The van der Waals surface area contributed by atoms with Gasteiger partial charge in [-0.25, -0.2) is 0 Å². The van der Waals surface area contributed by atoms with Gasteiger partial charge in [-0.15, -0.1) is 11.3 Å². The Morgan fingerprint density at radius 1 is 1.44 bits per heavy atom. The zero-order chi connectivity index (χ0) is 24.0. The number of allylic oxidation sites excluding steroid dienone is 1. The number of hydrogen-bond donors (Lipinski definition) is 1. The molecular weight excluding hydrogens is 470 g/mol. The van der Waals surface area contributed by atoms with Gasteiger partial charge in [-0.2, -0.15) is 0 Å². The topological polar surface area (TPSA) is 71.1 Å². The number of fused-ring (bicyclic) bond motifs is 2. The van der Waals surface area contributed by atoms with Crippen LogP contribution in [0.1, 0.15) is 70.4 Å². The second kappa shape index (κ2) is 9.30. The van der Waals surface area contributed by atoms with Gasteiger partial charge < -0.3 is 19.3 Å². The molecule has 0 saturated heterocycles. The van der Waals surface area contributed by atoms with Gasteiger partial charge in [0.05, 0.1) is 22.4 Å². The largest absolute Gasteiger partial charge is 0.481 e. The number of rotatable bonds is 6. The molecule has 2 atom stereocenters. The minimum Gasteiger partial charge on any atom is -0.481 e. The Morgan fingerprint density at radius 2 is 2.26 bits per heavy atom. The van der Waals surface area contributed by atoms with Crippen LogP contribution >= 0.6 is 22.9 Å². The van der Waals surface area contributed by atoms with Crippen molar-refractivity contribution in [3.8, 4) is 5.75 Å². The number of hydrogen-bond acceptors (Lipinski definition) is 7. The fourth-order valence-corrected chi connectivity index (χ4v) is 6.29. The summed E-state index contributed by atoms with van der Waals surface area (Å²) in [7, 11) is 2.11. The molecule has 3 aromatic rings. The van der Waals surface area contributed by atoms with Crippen LogP contribution in [0, 0.1) is 0 Å². The van der Waals surface area contributed by atoms with E-state index in [2.05, 4.69) is 28.8 Å². The quantitative estimate of drug-likeness (QED) is 0.406. The number of nitrogens with zero attached hydrogens (tertiary/aromatic N) is 3. The van der Waals surface area contributed by atoms with Crippen molar-refractivity contribution in [3.63, 3.8) is 0 Å². The molecule has 34 heavy (non-hydrogen) atoms. The lowest BCUT2D eigenvalue weighted by Crippen LogP contribution is -2.27. The molecule has 8 heteroatoms. The minimum absolute atomic E-state index is 0.245. The number of likely N-dealkylation sites (N-methyl/N-ethyl adjacent to an activating group) is 1. The lowest BCUT2D eigenvalue weighted by atomic mass is 9.97. The molecule has 0 bridgehead atoms. The van der Waals surface area contributed by atoms with Crippen LogP contribution in [0.25, 0.3) is 5.57 Å². The first kappa shape index (κ1) is 23.3. The summed E-state index contributed by atoms with van der Waals surface area (Å²) in [5, 5.41) is 15.4. The Balaban J connectivity index is 1.54. The maximum absolute atomic E-state index is 10.4. The van der Waals surface area contributed by atoms with Crippen molar-refractivity contribution in [3.05, 3.63) is 67.2 Å². The molecule has 1 N–H and O–H groups in total. The molecule has 0 fully saturated rings. The predicted molar refractivity (Wildman–Crippen MR) is 137 cm³/mol. The highest BCUT2D eigenvalue weighted by Crippen LogP contribution is 2.49. The lowest BCUT2D eigenvalue weighted by molar-refractivity contribution is 0.177.